The van der Waals surface area contributed by atoms with Crippen LogP contribution in [0.3, 0.4) is 0 Å². The lowest BCUT2D eigenvalue weighted by molar-refractivity contribution is 0.378. The highest BCUT2D eigenvalue weighted by atomic mass is 19.1. The second-order valence-corrected chi connectivity index (χ2v) is 7.50. The molecule has 0 spiro atoms. The molecule has 2 aliphatic heterocycles. The number of aryl methyl sites for hydroxylation is 1. The van der Waals surface area contributed by atoms with Crippen LogP contribution in [0.5, 0.6) is 6.01 Å². The van der Waals surface area contributed by atoms with Gasteiger partial charge in [-0.1, -0.05) is 6.07 Å². The molecule has 0 N–H and O–H groups in total. The lowest BCUT2D eigenvalue weighted by Crippen LogP contribution is -2.35. The summed E-state index contributed by atoms with van der Waals surface area (Å²) in [4.78, 5) is 15.8. The largest absolute Gasteiger partial charge is 0.467 e. The van der Waals surface area contributed by atoms with Crippen molar-refractivity contribution in [3.8, 4) is 17.1 Å². The third kappa shape index (κ3) is 3.51. The Morgan fingerprint density at radius 1 is 1.18 bits per heavy atom. The maximum absolute atomic E-state index is 13.7. The maximum atomic E-state index is 13.7. The number of hydrogen-bond acceptors (Lipinski definition) is 5. The molecule has 0 radical (unpaired) electrons. The topological polar surface area (TPSA) is 50.6 Å². The van der Waals surface area contributed by atoms with E-state index in [2.05, 4.69) is 26.8 Å². The van der Waals surface area contributed by atoms with E-state index in [4.69, 9.17) is 4.74 Å². The van der Waals surface area contributed by atoms with Crippen LogP contribution in [0.15, 0.2) is 40.7 Å². The molecule has 2 aromatic rings. The van der Waals surface area contributed by atoms with E-state index in [0.717, 1.165) is 49.3 Å². The van der Waals surface area contributed by atoms with Crippen LogP contribution < -0.4 is 9.64 Å². The van der Waals surface area contributed by atoms with Crippen molar-refractivity contribution in [2.45, 2.75) is 33.1 Å². The third-order valence-electron chi connectivity index (χ3n) is 5.64. The van der Waals surface area contributed by atoms with Crippen molar-refractivity contribution in [2.75, 3.05) is 25.1 Å². The van der Waals surface area contributed by atoms with Gasteiger partial charge in [0.2, 0.25) is 0 Å². The third-order valence-corrected chi connectivity index (χ3v) is 5.64. The summed E-state index contributed by atoms with van der Waals surface area (Å²) < 4.78 is 19.0. The second-order valence-electron chi connectivity index (χ2n) is 7.50. The minimum Gasteiger partial charge on any atom is -0.467 e. The number of aromatic nitrogens is 2. The van der Waals surface area contributed by atoms with E-state index < -0.39 is 0 Å². The number of methoxy groups -OCH3 is 1. The first-order chi connectivity index (χ1) is 13.6. The van der Waals surface area contributed by atoms with E-state index >= 15 is 0 Å². The Balaban J connectivity index is 1.62. The highest BCUT2D eigenvalue weighted by Crippen LogP contribution is 2.36. The lowest BCUT2D eigenvalue weighted by Gasteiger charge is -2.34. The zero-order valence-electron chi connectivity index (χ0n) is 16.6. The predicted octanol–water partition coefficient (Wildman–Crippen LogP) is 4.56. The molecule has 1 saturated heterocycles. The first kappa shape index (κ1) is 18.6. The van der Waals surface area contributed by atoms with Crippen LogP contribution >= 0.6 is 0 Å². The molecule has 0 atom stereocenters. The minimum atomic E-state index is -0.207. The van der Waals surface area contributed by atoms with Crippen LogP contribution in [0.1, 0.15) is 31.7 Å². The van der Waals surface area contributed by atoms with Crippen molar-refractivity contribution < 1.29 is 9.13 Å². The Morgan fingerprint density at radius 2 is 1.96 bits per heavy atom. The van der Waals surface area contributed by atoms with Gasteiger partial charge in [0, 0.05) is 49.1 Å². The lowest BCUT2D eigenvalue weighted by atomic mass is 9.91. The van der Waals surface area contributed by atoms with Crippen molar-refractivity contribution in [3.05, 3.63) is 47.0 Å². The maximum Gasteiger partial charge on any atom is 0.318 e. The number of piperidine rings is 1. The Hall–Kier alpha value is -2.76. The number of hydrogen-bond donors (Lipinski definition) is 0. The van der Waals surface area contributed by atoms with Crippen molar-refractivity contribution in [1.29, 1.82) is 0 Å². The van der Waals surface area contributed by atoms with Crippen molar-refractivity contribution in [3.63, 3.8) is 0 Å². The molecular formula is C22H25FN4O. The Bertz CT molecular complexity index is 946. The molecule has 0 bridgehead atoms. The van der Waals surface area contributed by atoms with E-state index in [-0.39, 0.29) is 5.82 Å². The summed E-state index contributed by atoms with van der Waals surface area (Å²) in [5.41, 5.74) is 5.09. The predicted molar refractivity (Wildman–Crippen MR) is 109 cm³/mol. The Labute approximate surface area is 165 Å². The van der Waals surface area contributed by atoms with Gasteiger partial charge in [0.25, 0.3) is 0 Å². The fourth-order valence-electron chi connectivity index (χ4n) is 4.03. The molecule has 1 aromatic heterocycles. The van der Waals surface area contributed by atoms with Gasteiger partial charge < -0.3 is 9.64 Å². The van der Waals surface area contributed by atoms with Crippen molar-refractivity contribution in [1.82, 2.24) is 9.97 Å². The highest BCUT2D eigenvalue weighted by Gasteiger charge is 2.27. The van der Waals surface area contributed by atoms with Gasteiger partial charge in [-0.3, -0.25) is 4.99 Å². The number of nitrogens with zero attached hydrogens (tertiary/aromatic N) is 4. The number of rotatable bonds is 4. The van der Waals surface area contributed by atoms with Gasteiger partial charge in [0.05, 0.1) is 7.11 Å². The molecule has 6 heteroatoms. The second kappa shape index (κ2) is 7.70. The van der Waals surface area contributed by atoms with E-state index in [1.807, 2.05) is 12.3 Å². The Kier molecular flexibility index (Phi) is 5.11. The standard InChI is InChI=1S/C22H25FN4O/c1-14-6-9-24-20(14)16-7-10-27(11-8-16)21-18(13-25-22(26-21)28-3)17-4-5-19(23)15(2)12-17/h4-5,9,12-13,16H,6-8,10-11H2,1-3H3. The molecule has 0 amide bonds. The van der Waals surface area contributed by atoms with Crippen LogP contribution in [0.4, 0.5) is 10.2 Å². The van der Waals surface area contributed by atoms with Gasteiger partial charge in [0.15, 0.2) is 0 Å². The van der Waals surface area contributed by atoms with Crippen LogP contribution in [-0.4, -0.2) is 36.4 Å². The van der Waals surface area contributed by atoms with Crippen LogP contribution in [0.25, 0.3) is 11.1 Å². The average Bonchev–Trinajstić information content (AvgIpc) is 3.15. The first-order valence-electron chi connectivity index (χ1n) is 9.71. The highest BCUT2D eigenvalue weighted by molar-refractivity contribution is 5.76. The molecule has 28 heavy (non-hydrogen) atoms. The van der Waals surface area contributed by atoms with Gasteiger partial charge in [0.1, 0.15) is 11.6 Å². The molecule has 1 fully saturated rings. The summed E-state index contributed by atoms with van der Waals surface area (Å²) in [6.45, 7) is 5.74. The molecule has 0 unspecified atom stereocenters. The molecule has 146 valence electrons. The number of allylic oxidation sites excluding steroid dienone is 2. The summed E-state index contributed by atoms with van der Waals surface area (Å²) in [6, 6.07) is 5.47. The number of anilines is 1. The molecule has 0 aliphatic carbocycles. The quantitative estimate of drug-likeness (QED) is 0.780. The van der Waals surface area contributed by atoms with Gasteiger partial charge >= 0.3 is 6.01 Å². The number of halogens is 1. The summed E-state index contributed by atoms with van der Waals surface area (Å²) in [6.07, 6.45) is 6.85. The van der Waals surface area contributed by atoms with E-state index in [9.17, 15) is 4.39 Å². The van der Waals surface area contributed by atoms with E-state index in [1.54, 1.807) is 26.3 Å². The van der Waals surface area contributed by atoms with Crippen molar-refractivity contribution in [2.24, 2.45) is 10.9 Å². The fraction of sp³-hybridized carbons (Fsp3) is 0.409. The fourth-order valence-corrected chi connectivity index (χ4v) is 4.03. The SMILES string of the molecule is COc1ncc(-c2ccc(F)c(C)c2)c(N2CCC(C3=C(C)CC=N3)CC2)n1. The molecule has 3 heterocycles. The van der Waals surface area contributed by atoms with E-state index in [0.29, 0.717) is 17.5 Å². The zero-order chi connectivity index (χ0) is 19.7. The van der Waals surface area contributed by atoms with E-state index in [1.165, 1.54) is 17.3 Å². The zero-order valence-corrected chi connectivity index (χ0v) is 16.6. The minimum absolute atomic E-state index is 0.207. The van der Waals surface area contributed by atoms with Crippen LogP contribution in [0, 0.1) is 18.7 Å². The van der Waals surface area contributed by atoms with Crippen LogP contribution in [0.2, 0.25) is 0 Å². The summed E-state index contributed by atoms with van der Waals surface area (Å²) in [5.74, 6) is 1.15. The molecule has 1 aromatic carbocycles. The molecule has 4 rings (SSSR count). The smallest absolute Gasteiger partial charge is 0.318 e. The molecule has 0 saturated carbocycles. The van der Waals surface area contributed by atoms with Gasteiger partial charge in [-0.15, -0.1) is 0 Å². The Morgan fingerprint density at radius 3 is 2.61 bits per heavy atom. The summed E-state index contributed by atoms with van der Waals surface area (Å²) in [7, 11) is 1.57. The molecule has 2 aliphatic rings. The van der Waals surface area contributed by atoms with Gasteiger partial charge in [-0.05, 0) is 55.5 Å². The first-order valence-corrected chi connectivity index (χ1v) is 9.71. The molecule has 5 nitrogen and oxygen atoms in total. The summed E-state index contributed by atoms with van der Waals surface area (Å²) >= 11 is 0. The van der Waals surface area contributed by atoms with Crippen molar-refractivity contribution >= 4 is 12.0 Å². The monoisotopic (exact) mass is 380 g/mol. The van der Waals surface area contributed by atoms with Crippen LogP contribution in [-0.2, 0) is 0 Å². The number of benzene rings is 1. The molecular weight excluding hydrogens is 355 g/mol. The number of aliphatic imine (C=N–C) groups is 1. The number of ether oxygens (including phenoxy) is 1. The average molecular weight is 380 g/mol. The normalized spacial score (nSPS) is 17.5. The van der Waals surface area contributed by atoms with Gasteiger partial charge in [-0.2, -0.15) is 4.98 Å². The summed E-state index contributed by atoms with van der Waals surface area (Å²) in [5, 5.41) is 0. The van der Waals surface area contributed by atoms with Gasteiger partial charge in [-0.25, -0.2) is 9.37 Å².